The highest BCUT2D eigenvalue weighted by Crippen LogP contribution is 2.14. The molecule has 0 radical (unpaired) electrons. The molecule has 0 spiro atoms. The minimum absolute atomic E-state index is 0.00905. The molecule has 0 aliphatic rings. The van der Waals surface area contributed by atoms with Gasteiger partial charge < -0.3 is 9.73 Å². The maximum absolute atomic E-state index is 12.0. The monoisotopic (exact) mass is 269 g/mol. The van der Waals surface area contributed by atoms with Crippen molar-refractivity contribution in [3.8, 4) is 6.07 Å². The second kappa shape index (κ2) is 5.80. The van der Waals surface area contributed by atoms with Crippen molar-refractivity contribution in [3.05, 3.63) is 48.0 Å². The number of hydrogen-bond acceptors (Lipinski definition) is 5. The number of carbonyl (C=O) groups is 2. The van der Waals surface area contributed by atoms with Crippen LogP contribution in [0.4, 0.5) is 5.82 Å². The van der Waals surface area contributed by atoms with Crippen LogP contribution in [0.25, 0.3) is 0 Å². The Morgan fingerprint density at radius 2 is 2.15 bits per heavy atom. The Hall–Kier alpha value is -2.94. The Morgan fingerprint density at radius 3 is 2.70 bits per heavy atom. The van der Waals surface area contributed by atoms with Gasteiger partial charge in [-0.3, -0.25) is 9.59 Å². The number of nitriles is 1. The third-order valence-corrected chi connectivity index (χ3v) is 2.55. The van der Waals surface area contributed by atoms with Crippen molar-refractivity contribution in [1.82, 2.24) is 4.98 Å². The lowest BCUT2D eigenvalue weighted by molar-refractivity contribution is -0.117. The molecule has 0 aromatic carbocycles. The van der Waals surface area contributed by atoms with E-state index in [0.29, 0.717) is 5.76 Å². The largest absolute Gasteiger partial charge is 0.458 e. The van der Waals surface area contributed by atoms with Crippen molar-refractivity contribution in [3.63, 3.8) is 0 Å². The standard InChI is InChI=1S/C14H11N3O3/c1-9-5-6-11(20-9)13(18)10(8-15)14(19)17-12-4-2-3-7-16-12/h2-7,10H,1H3,(H,16,17,19)/t10-/m1/s1. The Bertz CT molecular complexity index is 670. The topological polar surface area (TPSA) is 96.0 Å². The third-order valence-electron chi connectivity index (χ3n) is 2.55. The molecule has 0 aliphatic heterocycles. The molecule has 0 saturated heterocycles. The summed E-state index contributed by atoms with van der Waals surface area (Å²) in [5.41, 5.74) is 0. The molecule has 1 atom stereocenters. The summed E-state index contributed by atoms with van der Waals surface area (Å²) in [6, 6.07) is 9.65. The van der Waals surface area contributed by atoms with Crippen LogP contribution < -0.4 is 5.32 Å². The number of anilines is 1. The van der Waals surface area contributed by atoms with Gasteiger partial charge in [0.2, 0.25) is 5.78 Å². The number of carbonyl (C=O) groups excluding carboxylic acids is 2. The number of hydrogen-bond donors (Lipinski definition) is 1. The van der Waals surface area contributed by atoms with E-state index in [-0.39, 0.29) is 11.6 Å². The predicted molar refractivity (Wildman–Crippen MR) is 69.7 cm³/mol. The van der Waals surface area contributed by atoms with Crippen LogP contribution in [0.3, 0.4) is 0 Å². The summed E-state index contributed by atoms with van der Waals surface area (Å²) in [5.74, 6) is -2.07. The first-order valence-electron chi connectivity index (χ1n) is 5.84. The summed E-state index contributed by atoms with van der Waals surface area (Å²) in [5, 5.41) is 11.4. The fourth-order valence-corrected chi connectivity index (χ4v) is 1.58. The number of nitrogens with one attached hydrogen (secondary N) is 1. The molecule has 2 aromatic rings. The highest BCUT2D eigenvalue weighted by atomic mass is 16.3. The number of pyridine rings is 1. The van der Waals surface area contributed by atoms with Gasteiger partial charge in [0.25, 0.3) is 5.91 Å². The molecule has 0 bridgehead atoms. The van der Waals surface area contributed by atoms with Crippen molar-refractivity contribution < 1.29 is 14.0 Å². The fourth-order valence-electron chi connectivity index (χ4n) is 1.58. The molecule has 6 heteroatoms. The number of furan rings is 1. The molecular formula is C14H11N3O3. The fraction of sp³-hybridized carbons (Fsp3) is 0.143. The van der Waals surface area contributed by atoms with Gasteiger partial charge in [0.1, 0.15) is 11.6 Å². The number of amides is 1. The summed E-state index contributed by atoms with van der Waals surface area (Å²) in [6.07, 6.45) is 1.49. The van der Waals surface area contributed by atoms with Gasteiger partial charge in [0.15, 0.2) is 11.7 Å². The highest BCUT2D eigenvalue weighted by Gasteiger charge is 2.29. The molecule has 0 fully saturated rings. The molecule has 1 N–H and O–H groups in total. The minimum Gasteiger partial charge on any atom is -0.458 e. The maximum Gasteiger partial charge on any atom is 0.251 e. The molecular weight excluding hydrogens is 258 g/mol. The molecule has 1 amide bonds. The van der Waals surface area contributed by atoms with Crippen molar-refractivity contribution >= 4 is 17.5 Å². The van der Waals surface area contributed by atoms with Crippen LogP contribution in [0, 0.1) is 24.2 Å². The second-order valence-corrected chi connectivity index (χ2v) is 4.04. The Morgan fingerprint density at radius 1 is 1.35 bits per heavy atom. The molecule has 6 nitrogen and oxygen atoms in total. The van der Waals surface area contributed by atoms with Gasteiger partial charge in [0.05, 0.1) is 6.07 Å². The average Bonchev–Trinajstić information content (AvgIpc) is 2.87. The third kappa shape index (κ3) is 2.90. The van der Waals surface area contributed by atoms with Crippen LogP contribution >= 0.6 is 0 Å². The van der Waals surface area contributed by atoms with E-state index >= 15 is 0 Å². The summed E-state index contributed by atoms with van der Waals surface area (Å²) < 4.78 is 5.13. The Kier molecular flexibility index (Phi) is 3.91. The van der Waals surface area contributed by atoms with E-state index in [1.807, 2.05) is 0 Å². The first-order chi connectivity index (χ1) is 9.61. The SMILES string of the molecule is Cc1ccc(C(=O)[C@@H](C#N)C(=O)Nc2ccccn2)o1. The van der Waals surface area contributed by atoms with Crippen LogP contribution in [-0.2, 0) is 4.79 Å². The molecule has 0 saturated carbocycles. The van der Waals surface area contributed by atoms with E-state index in [2.05, 4.69) is 10.3 Å². The minimum atomic E-state index is -1.47. The van der Waals surface area contributed by atoms with Crippen LogP contribution in [0.2, 0.25) is 0 Å². The van der Waals surface area contributed by atoms with E-state index in [4.69, 9.17) is 9.68 Å². The average molecular weight is 269 g/mol. The van der Waals surface area contributed by atoms with Crippen LogP contribution in [0.5, 0.6) is 0 Å². The van der Waals surface area contributed by atoms with Crippen molar-refractivity contribution in [2.24, 2.45) is 5.92 Å². The normalized spacial score (nSPS) is 11.4. The summed E-state index contributed by atoms with van der Waals surface area (Å²) in [4.78, 5) is 27.8. The lowest BCUT2D eigenvalue weighted by Gasteiger charge is -2.07. The van der Waals surface area contributed by atoms with E-state index in [1.54, 1.807) is 37.3 Å². The summed E-state index contributed by atoms with van der Waals surface area (Å²) >= 11 is 0. The van der Waals surface area contributed by atoms with Crippen LogP contribution in [0.15, 0.2) is 40.9 Å². The van der Waals surface area contributed by atoms with Gasteiger partial charge in [-0.2, -0.15) is 5.26 Å². The number of nitrogens with zero attached hydrogens (tertiary/aromatic N) is 2. The lowest BCUT2D eigenvalue weighted by atomic mass is 10.0. The second-order valence-electron chi connectivity index (χ2n) is 4.04. The first-order valence-corrected chi connectivity index (χ1v) is 5.84. The molecule has 20 heavy (non-hydrogen) atoms. The van der Waals surface area contributed by atoms with Crippen molar-refractivity contribution in [1.29, 1.82) is 5.26 Å². The van der Waals surface area contributed by atoms with E-state index < -0.39 is 17.6 Å². The Labute approximate surface area is 115 Å². The smallest absolute Gasteiger partial charge is 0.251 e. The van der Waals surface area contributed by atoms with Crippen molar-refractivity contribution in [2.45, 2.75) is 6.92 Å². The van der Waals surface area contributed by atoms with Crippen LogP contribution in [-0.4, -0.2) is 16.7 Å². The first kappa shape index (κ1) is 13.5. The van der Waals surface area contributed by atoms with Crippen molar-refractivity contribution in [2.75, 3.05) is 5.32 Å². The zero-order valence-electron chi connectivity index (χ0n) is 10.7. The van der Waals surface area contributed by atoms with Gasteiger partial charge in [-0.25, -0.2) is 4.98 Å². The van der Waals surface area contributed by atoms with Gasteiger partial charge in [-0.1, -0.05) is 6.07 Å². The molecule has 100 valence electrons. The van der Waals surface area contributed by atoms with Gasteiger partial charge in [-0.15, -0.1) is 0 Å². The lowest BCUT2D eigenvalue weighted by Crippen LogP contribution is -2.28. The predicted octanol–water partition coefficient (Wildman–Crippen LogP) is 1.94. The van der Waals surface area contributed by atoms with E-state index in [1.165, 1.54) is 12.3 Å². The summed E-state index contributed by atoms with van der Waals surface area (Å²) in [6.45, 7) is 1.67. The molecule has 2 heterocycles. The van der Waals surface area contributed by atoms with E-state index in [9.17, 15) is 9.59 Å². The molecule has 2 rings (SSSR count). The maximum atomic E-state index is 12.0. The molecule has 0 aliphatic carbocycles. The number of rotatable bonds is 4. The highest BCUT2D eigenvalue weighted by molar-refractivity contribution is 6.14. The number of aryl methyl sites for hydroxylation is 1. The number of ketones is 1. The van der Waals surface area contributed by atoms with E-state index in [0.717, 1.165) is 0 Å². The quantitative estimate of drug-likeness (QED) is 0.676. The molecule has 2 aromatic heterocycles. The zero-order chi connectivity index (χ0) is 14.5. The number of Topliss-reactive ketones (excluding diaryl/α,β-unsaturated/α-hetero) is 1. The zero-order valence-corrected chi connectivity index (χ0v) is 10.7. The van der Waals surface area contributed by atoms with Gasteiger partial charge >= 0.3 is 0 Å². The summed E-state index contributed by atoms with van der Waals surface area (Å²) in [7, 11) is 0. The van der Waals surface area contributed by atoms with Gasteiger partial charge in [0, 0.05) is 6.20 Å². The van der Waals surface area contributed by atoms with Crippen LogP contribution in [0.1, 0.15) is 16.3 Å². The number of aromatic nitrogens is 1. The Balaban J connectivity index is 2.14. The van der Waals surface area contributed by atoms with Gasteiger partial charge in [-0.05, 0) is 31.2 Å². The molecule has 0 unspecified atom stereocenters.